The summed E-state index contributed by atoms with van der Waals surface area (Å²) in [6.45, 7) is 4.92. The molecule has 0 bridgehead atoms. The zero-order chi connectivity index (χ0) is 50.0. The molecule has 6 heteroatoms. The minimum atomic E-state index is -0.700. The van der Waals surface area contributed by atoms with E-state index in [1.165, 1.54) is 250 Å². The predicted octanol–water partition coefficient (Wildman–Crippen LogP) is 19.4. The number of unbranched alkanes of at least 4 members (excludes halogenated alkanes) is 43. The minimum absolute atomic E-state index is 0.0131. The molecule has 2 atom stereocenters. The van der Waals surface area contributed by atoms with Gasteiger partial charge in [0.25, 0.3) is 0 Å². The lowest BCUT2D eigenvalue weighted by Gasteiger charge is -2.22. The van der Waals surface area contributed by atoms with Crippen LogP contribution in [0.5, 0.6) is 0 Å². The number of ether oxygens (including phenoxy) is 1. The van der Waals surface area contributed by atoms with E-state index in [1.807, 2.05) is 6.08 Å². The third kappa shape index (κ3) is 55.5. The average molecular weight is 973 g/mol. The van der Waals surface area contributed by atoms with E-state index in [-0.39, 0.29) is 18.5 Å². The highest BCUT2D eigenvalue weighted by Gasteiger charge is 2.20. The smallest absolute Gasteiger partial charge is 0.305 e. The molecule has 1 amide bonds. The van der Waals surface area contributed by atoms with Gasteiger partial charge in [-0.25, -0.2) is 0 Å². The predicted molar refractivity (Wildman–Crippen MR) is 301 cm³/mol. The van der Waals surface area contributed by atoms with E-state index in [9.17, 15) is 19.8 Å². The van der Waals surface area contributed by atoms with Crippen LogP contribution >= 0.6 is 0 Å². The number of hydrogen-bond donors (Lipinski definition) is 3. The van der Waals surface area contributed by atoms with Gasteiger partial charge in [-0.3, -0.25) is 9.59 Å². The van der Waals surface area contributed by atoms with Gasteiger partial charge in [0, 0.05) is 12.8 Å². The summed E-state index contributed by atoms with van der Waals surface area (Å²) in [5.41, 5.74) is 0. The Morgan fingerprint density at radius 3 is 1.13 bits per heavy atom. The van der Waals surface area contributed by atoms with E-state index < -0.39 is 12.1 Å². The number of carbonyl (C=O) groups excluding carboxylic acids is 2. The van der Waals surface area contributed by atoms with Crippen molar-refractivity contribution in [2.24, 2.45) is 0 Å². The van der Waals surface area contributed by atoms with E-state index in [0.717, 1.165) is 51.4 Å². The maximum atomic E-state index is 12.5. The van der Waals surface area contributed by atoms with Crippen molar-refractivity contribution in [1.29, 1.82) is 0 Å². The molecule has 0 fully saturated rings. The fraction of sp³-hybridized carbons (Fsp3) is 0.905. The van der Waals surface area contributed by atoms with Crippen molar-refractivity contribution in [2.45, 2.75) is 353 Å². The van der Waals surface area contributed by atoms with Gasteiger partial charge in [-0.2, -0.15) is 0 Å². The van der Waals surface area contributed by atoms with Crippen molar-refractivity contribution in [3.63, 3.8) is 0 Å². The summed E-state index contributed by atoms with van der Waals surface area (Å²) in [7, 11) is 0. The van der Waals surface area contributed by atoms with E-state index >= 15 is 0 Å². The Bertz CT molecular complexity index is 1080. The van der Waals surface area contributed by atoms with Crippen LogP contribution < -0.4 is 5.32 Å². The molecule has 0 saturated carbocycles. The highest BCUT2D eigenvalue weighted by atomic mass is 16.5. The normalized spacial score (nSPS) is 12.7. The zero-order valence-corrected chi connectivity index (χ0v) is 46.6. The number of allylic oxidation sites excluding steroid dienone is 4. The van der Waals surface area contributed by atoms with Crippen molar-refractivity contribution >= 4 is 11.9 Å². The number of carbonyl (C=O) groups is 2. The highest BCUT2D eigenvalue weighted by molar-refractivity contribution is 5.76. The Morgan fingerprint density at radius 2 is 0.739 bits per heavy atom. The van der Waals surface area contributed by atoms with Gasteiger partial charge in [-0.15, -0.1) is 0 Å². The first-order chi connectivity index (χ1) is 34.0. The van der Waals surface area contributed by atoms with Gasteiger partial charge in [0.15, 0.2) is 0 Å². The lowest BCUT2D eigenvalue weighted by molar-refractivity contribution is -0.143. The Morgan fingerprint density at radius 1 is 0.406 bits per heavy atom. The molecule has 0 spiro atoms. The van der Waals surface area contributed by atoms with E-state index in [2.05, 4.69) is 37.4 Å². The molecule has 69 heavy (non-hydrogen) atoms. The van der Waals surface area contributed by atoms with Crippen LogP contribution in [0.1, 0.15) is 341 Å². The molecule has 0 radical (unpaired) electrons. The Balaban J connectivity index is 3.51. The second kappa shape index (κ2) is 58.9. The number of hydrogen-bond acceptors (Lipinski definition) is 5. The van der Waals surface area contributed by atoms with Crippen molar-refractivity contribution < 1.29 is 24.5 Å². The zero-order valence-electron chi connectivity index (χ0n) is 46.6. The van der Waals surface area contributed by atoms with Crippen molar-refractivity contribution in [3.05, 3.63) is 24.3 Å². The highest BCUT2D eigenvalue weighted by Crippen LogP contribution is 2.18. The summed E-state index contributed by atoms with van der Waals surface area (Å²) in [4.78, 5) is 24.5. The molecular weight excluding hydrogens is 851 g/mol. The maximum Gasteiger partial charge on any atom is 0.305 e. The van der Waals surface area contributed by atoms with Gasteiger partial charge in [-0.05, 0) is 44.9 Å². The summed E-state index contributed by atoms with van der Waals surface area (Å²) < 4.78 is 5.47. The fourth-order valence-corrected chi connectivity index (χ4v) is 9.75. The topological polar surface area (TPSA) is 95.9 Å². The molecule has 0 aliphatic rings. The van der Waals surface area contributed by atoms with E-state index in [0.29, 0.717) is 32.3 Å². The molecule has 408 valence electrons. The standard InChI is InChI=1S/C63H121NO5/c1-3-5-7-9-11-13-15-17-19-20-21-22-23-24-25-26-27-29-31-35-39-43-47-51-55-61(66)60(59-65)64-62(67)56-52-48-44-40-36-32-30-34-38-42-46-50-54-58-69-63(68)57-53-49-45-41-37-33-28-18-16-14-12-10-8-6-4-2/h32,36,44,48,60-61,65-66H,3-31,33-35,37-43,45-47,49-59H2,1-2H3,(H,64,67)/b36-32-,48-44-. The quantitative estimate of drug-likeness (QED) is 0.0321. The second-order valence-electron chi connectivity index (χ2n) is 21.4. The van der Waals surface area contributed by atoms with Crippen LogP contribution in [0.3, 0.4) is 0 Å². The molecule has 0 aromatic carbocycles. The molecule has 0 aromatic rings. The Labute approximate surface area is 431 Å². The van der Waals surface area contributed by atoms with Crippen molar-refractivity contribution in [1.82, 2.24) is 5.32 Å². The molecule has 0 aliphatic heterocycles. The number of amides is 1. The van der Waals surface area contributed by atoms with Crippen LogP contribution in [-0.4, -0.2) is 47.4 Å². The summed E-state index contributed by atoms with van der Waals surface area (Å²) in [5, 5.41) is 23.3. The van der Waals surface area contributed by atoms with Crippen molar-refractivity contribution in [3.8, 4) is 0 Å². The monoisotopic (exact) mass is 972 g/mol. The van der Waals surface area contributed by atoms with E-state index in [4.69, 9.17) is 4.74 Å². The molecular formula is C63H121NO5. The van der Waals surface area contributed by atoms with Crippen LogP contribution in [0.15, 0.2) is 24.3 Å². The second-order valence-corrected chi connectivity index (χ2v) is 21.4. The summed E-state index contributed by atoms with van der Waals surface area (Å²) in [6, 6.07) is -0.586. The number of aliphatic hydroxyl groups is 2. The van der Waals surface area contributed by atoms with Crippen LogP contribution in [0.4, 0.5) is 0 Å². The number of nitrogens with one attached hydrogen (secondary N) is 1. The third-order valence-electron chi connectivity index (χ3n) is 14.5. The van der Waals surface area contributed by atoms with Gasteiger partial charge in [0.05, 0.1) is 25.4 Å². The number of esters is 1. The molecule has 0 aliphatic carbocycles. The van der Waals surface area contributed by atoms with Gasteiger partial charge < -0.3 is 20.3 Å². The van der Waals surface area contributed by atoms with Crippen LogP contribution in [0.25, 0.3) is 0 Å². The molecule has 0 aromatic heterocycles. The van der Waals surface area contributed by atoms with Gasteiger partial charge in [-0.1, -0.05) is 308 Å². The first-order valence-electron chi connectivity index (χ1n) is 31.1. The lowest BCUT2D eigenvalue weighted by Crippen LogP contribution is -2.45. The molecule has 6 nitrogen and oxygen atoms in total. The molecule has 3 N–H and O–H groups in total. The number of aliphatic hydroxyl groups excluding tert-OH is 2. The van der Waals surface area contributed by atoms with Gasteiger partial charge in [0.2, 0.25) is 5.91 Å². The van der Waals surface area contributed by atoms with Crippen LogP contribution in [0, 0.1) is 0 Å². The summed E-state index contributed by atoms with van der Waals surface area (Å²) >= 11 is 0. The first-order valence-corrected chi connectivity index (χ1v) is 31.1. The molecule has 2 unspecified atom stereocenters. The van der Waals surface area contributed by atoms with Gasteiger partial charge in [0.1, 0.15) is 0 Å². The minimum Gasteiger partial charge on any atom is -0.466 e. The molecule has 0 rings (SSSR count). The van der Waals surface area contributed by atoms with Crippen molar-refractivity contribution in [2.75, 3.05) is 13.2 Å². The summed E-state index contributed by atoms with van der Waals surface area (Å²) in [5.74, 6) is -0.125. The summed E-state index contributed by atoms with van der Waals surface area (Å²) in [6.07, 6.45) is 72.0. The van der Waals surface area contributed by atoms with E-state index in [1.54, 1.807) is 0 Å². The van der Waals surface area contributed by atoms with Crippen LogP contribution in [-0.2, 0) is 14.3 Å². The SMILES string of the molecule is CCCCCCCCCCCCCCCCCCCCCCCCCCC(O)C(CO)NC(=O)CC/C=C\C/C=C\CCCCCCCCOC(=O)CCCCCCCCCCCCCCCCC. The molecule has 0 saturated heterocycles. The average Bonchev–Trinajstić information content (AvgIpc) is 3.35. The molecule has 0 heterocycles. The lowest BCUT2D eigenvalue weighted by atomic mass is 10.0. The first kappa shape index (κ1) is 67.3. The Kier molecular flexibility index (Phi) is 57.5. The third-order valence-corrected chi connectivity index (χ3v) is 14.5. The van der Waals surface area contributed by atoms with Gasteiger partial charge >= 0.3 is 5.97 Å². The largest absolute Gasteiger partial charge is 0.466 e. The van der Waals surface area contributed by atoms with Crippen LogP contribution in [0.2, 0.25) is 0 Å². The number of rotatable bonds is 58. The maximum absolute atomic E-state index is 12.5. The Hall–Kier alpha value is -1.66. The fourth-order valence-electron chi connectivity index (χ4n) is 9.75.